The van der Waals surface area contributed by atoms with Crippen molar-refractivity contribution in [2.75, 3.05) is 32.7 Å². The van der Waals surface area contributed by atoms with Crippen LogP contribution in [0.1, 0.15) is 141 Å². The minimum Gasteiger partial charge on any atom is -0.507 e. The van der Waals surface area contributed by atoms with Crippen molar-refractivity contribution >= 4 is 24.5 Å². The van der Waals surface area contributed by atoms with Gasteiger partial charge in [0.25, 0.3) is 0 Å². The van der Waals surface area contributed by atoms with Gasteiger partial charge in [-0.25, -0.2) is 4.79 Å². The van der Waals surface area contributed by atoms with Crippen LogP contribution in [0.15, 0.2) is 34.3 Å². The van der Waals surface area contributed by atoms with E-state index in [1.54, 1.807) is 0 Å². The first-order valence-corrected chi connectivity index (χ1v) is 19.6. The van der Waals surface area contributed by atoms with E-state index in [4.69, 9.17) is 25.0 Å². The summed E-state index contributed by atoms with van der Waals surface area (Å²) in [5.41, 5.74) is 5.67. The van der Waals surface area contributed by atoms with Crippen molar-refractivity contribution in [1.82, 2.24) is 10.2 Å². The van der Waals surface area contributed by atoms with Gasteiger partial charge >= 0.3 is 12.1 Å². The Morgan fingerprint density at radius 1 is 0.796 bits per heavy atom. The summed E-state index contributed by atoms with van der Waals surface area (Å²) in [5, 5.41) is 40.5. The third-order valence-electron chi connectivity index (χ3n) is 10.6. The predicted molar refractivity (Wildman–Crippen MR) is 216 cm³/mol. The molecule has 2 aromatic carbocycles. The van der Waals surface area contributed by atoms with Gasteiger partial charge in [-0.15, -0.1) is 0 Å². The monoisotopic (exact) mass is 784 g/mol. The maximum absolute atomic E-state index is 11.6. The van der Waals surface area contributed by atoms with E-state index in [1.165, 1.54) is 29.9 Å². The number of carboxylic acid groups (broad SMARTS) is 2. The fourth-order valence-corrected chi connectivity index (χ4v) is 7.45. The van der Waals surface area contributed by atoms with E-state index < -0.39 is 6.16 Å². The molecule has 2 aliphatic heterocycles. The first-order chi connectivity index (χ1) is 24.8. The number of aliphatic imine (C=N–C) groups is 2. The van der Waals surface area contributed by atoms with Crippen molar-refractivity contribution in [2.24, 2.45) is 9.98 Å². The molecule has 54 heavy (non-hydrogen) atoms. The number of nitrogens with zero attached hydrogens (tertiary/aromatic N) is 4. The molecule has 0 radical (unpaired) electrons. The van der Waals surface area contributed by atoms with Crippen molar-refractivity contribution in [3.05, 3.63) is 57.6 Å². The summed E-state index contributed by atoms with van der Waals surface area (Å²) < 4.78 is 2.50. The van der Waals surface area contributed by atoms with Crippen LogP contribution in [0.25, 0.3) is 0 Å². The predicted octanol–water partition coefficient (Wildman–Crippen LogP) is 8.06. The number of rotatable bonds is 8. The number of hydrogen-bond donors (Lipinski definition) is 5. The van der Waals surface area contributed by atoms with Gasteiger partial charge < -0.3 is 20.4 Å². The maximum atomic E-state index is 11.6. The van der Waals surface area contributed by atoms with Crippen molar-refractivity contribution in [2.45, 2.75) is 142 Å². The Kier molecular flexibility index (Phi) is 15.7. The van der Waals surface area contributed by atoms with Gasteiger partial charge in [-0.1, -0.05) is 87.3 Å². The van der Waals surface area contributed by atoms with Crippen LogP contribution in [-0.4, -0.2) is 99.3 Å². The van der Waals surface area contributed by atoms with Gasteiger partial charge in [-0.2, -0.15) is 0 Å². The molecule has 298 valence electrons. The molecule has 0 aromatic heterocycles. The normalized spacial score (nSPS) is 19.5. The van der Waals surface area contributed by atoms with Gasteiger partial charge in [0.15, 0.2) is 0 Å². The number of carbonyl (C=O) groups is 1. The SMILES string of the molecule is CC(C)(C)c1cc(C=NC2CCCCC2N=Cc2cc(C(C)(C)C)cc(C(C)(C)C)c2O)c(O)c(CCCN2CCC[N+]3=C2NCCC3)c1.O=C(O)O.[Cr]. The molecule has 0 amide bonds. The molecule has 2 aromatic rings. The van der Waals surface area contributed by atoms with Gasteiger partial charge in [0.2, 0.25) is 0 Å². The molecule has 0 bridgehead atoms. The Hall–Kier alpha value is -3.55. The zero-order valence-corrected chi connectivity index (χ0v) is 35.5. The molecule has 10 nitrogen and oxygen atoms in total. The minimum atomic E-state index is -1.83. The van der Waals surface area contributed by atoms with Crippen molar-refractivity contribution in [1.29, 1.82) is 0 Å². The zero-order valence-electron chi connectivity index (χ0n) is 34.2. The fraction of sp³-hybridized carbons (Fsp3) is 0.628. The second-order valence-electron chi connectivity index (χ2n) is 18.1. The zero-order chi connectivity index (χ0) is 39.1. The van der Waals surface area contributed by atoms with Crippen molar-refractivity contribution < 1.29 is 47.2 Å². The summed E-state index contributed by atoms with van der Waals surface area (Å²) in [4.78, 5) is 21.3. The van der Waals surface area contributed by atoms with Crippen LogP contribution in [0.2, 0.25) is 0 Å². The first kappa shape index (κ1) is 44.8. The van der Waals surface area contributed by atoms with Crippen molar-refractivity contribution in [3.8, 4) is 11.5 Å². The van der Waals surface area contributed by atoms with Crippen LogP contribution < -0.4 is 5.32 Å². The molecule has 2 heterocycles. The number of phenolic OH excluding ortho intramolecular Hbond substituents is 2. The molecule has 11 heteroatoms. The van der Waals surface area contributed by atoms with E-state index in [-0.39, 0.29) is 45.7 Å². The summed E-state index contributed by atoms with van der Waals surface area (Å²) in [6.45, 7) is 25.2. The van der Waals surface area contributed by atoms with E-state index in [9.17, 15) is 10.2 Å². The number of aryl methyl sites for hydroxylation is 1. The molecule has 1 saturated carbocycles. The second-order valence-corrected chi connectivity index (χ2v) is 18.1. The fourth-order valence-electron chi connectivity index (χ4n) is 7.45. The van der Waals surface area contributed by atoms with E-state index in [0.717, 1.165) is 93.5 Å². The largest absolute Gasteiger partial charge is 0.507 e. The Balaban J connectivity index is 0.00000149. The Morgan fingerprint density at radius 3 is 1.85 bits per heavy atom. The molecule has 0 spiro atoms. The number of hydrogen-bond acceptors (Lipinski definition) is 7. The first-order valence-electron chi connectivity index (χ1n) is 19.6. The Morgan fingerprint density at radius 2 is 1.31 bits per heavy atom. The molecule has 1 fully saturated rings. The molecule has 1 aliphatic carbocycles. The third-order valence-corrected chi connectivity index (χ3v) is 10.6. The van der Waals surface area contributed by atoms with Gasteiger partial charge in [0.05, 0.1) is 44.8 Å². The van der Waals surface area contributed by atoms with Gasteiger partial charge in [-0.3, -0.25) is 24.8 Å². The van der Waals surface area contributed by atoms with Crippen LogP contribution in [0.4, 0.5) is 4.79 Å². The molecule has 3 aliphatic rings. The van der Waals surface area contributed by atoms with Gasteiger partial charge in [0, 0.05) is 59.3 Å². The van der Waals surface area contributed by atoms with Crippen LogP contribution in [0, 0.1) is 0 Å². The van der Waals surface area contributed by atoms with Crippen LogP contribution >= 0.6 is 0 Å². The maximum Gasteiger partial charge on any atom is 0.503 e. The van der Waals surface area contributed by atoms with E-state index in [2.05, 4.69) is 101 Å². The van der Waals surface area contributed by atoms with Crippen molar-refractivity contribution in [3.63, 3.8) is 0 Å². The standard InChI is InChI=1S/C42H63N5O2.CH2O3.Cr/c1-40(2,3)32-23-29(15-12-19-46-21-14-22-47-20-13-18-43-39(46)47)37(48)30(24-32)27-44-35-16-10-11-17-36(35)45-28-31-25-33(41(4,5)6)26-34(38(31)49)42(7,8)9;2-1(3)4;/h23-28,35-36H,10-22H2,1-9H3,(H2,44,45,48,49);(H2,2,3,4);/p+1. The molecule has 0 saturated heterocycles. The number of phenols is 2. The molecular weight excluding hydrogens is 718 g/mol. The quantitative estimate of drug-likeness (QED) is 0.135. The summed E-state index contributed by atoms with van der Waals surface area (Å²) in [6.07, 6.45) is 10.3. The van der Waals surface area contributed by atoms with Crippen LogP contribution in [0.3, 0.4) is 0 Å². The molecular formula is C43H66CrN5O5+. The molecule has 5 N–H and O–H groups in total. The topological polar surface area (TPSA) is 141 Å². The molecule has 5 rings (SSSR count). The van der Waals surface area contributed by atoms with Gasteiger partial charge in [0.1, 0.15) is 11.5 Å². The smallest absolute Gasteiger partial charge is 0.503 e. The summed E-state index contributed by atoms with van der Waals surface area (Å²) in [5.74, 6) is 1.98. The number of guanidine groups is 1. The minimum absolute atomic E-state index is 0. The van der Waals surface area contributed by atoms with Gasteiger partial charge in [-0.05, 0) is 70.8 Å². The Bertz CT molecular complexity index is 1670. The average molecular weight is 785 g/mol. The van der Waals surface area contributed by atoms with E-state index >= 15 is 0 Å². The molecule has 2 atom stereocenters. The number of nitrogens with one attached hydrogen (secondary N) is 1. The van der Waals surface area contributed by atoms with E-state index in [0.29, 0.717) is 11.5 Å². The number of benzene rings is 2. The third kappa shape index (κ3) is 12.2. The summed E-state index contributed by atoms with van der Waals surface area (Å²) in [6, 6.07) is 8.64. The number of aromatic hydroxyl groups is 2. The molecule has 2 unspecified atom stereocenters. The average Bonchev–Trinajstić information content (AvgIpc) is 3.06. The van der Waals surface area contributed by atoms with E-state index in [1.807, 2.05) is 12.4 Å². The second kappa shape index (κ2) is 18.9. The summed E-state index contributed by atoms with van der Waals surface area (Å²) >= 11 is 0. The van der Waals surface area contributed by atoms with Crippen LogP contribution in [-0.2, 0) is 40.0 Å². The Labute approximate surface area is 334 Å². The van der Waals surface area contributed by atoms with Crippen LogP contribution in [0.5, 0.6) is 11.5 Å². The summed E-state index contributed by atoms with van der Waals surface area (Å²) in [7, 11) is 0.